The van der Waals surface area contributed by atoms with Gasteiger partial charge in [0.1, 0.15) is 28.9 Å². The van der Waals surface area contributed by atoms with Gasteiger partial charge in [-0.1, -0.05) is 18.2 Å². The Hall–Kier alpha value is -3.33. The summed E-state index contributed by atoms with van der Waals surface area (Å²) in [7, 11) is 1.47. The molecule has 160 valence electrons. The van der Waals surface area contributed by atoms with E-state index in [0.717, 1.165) is 0 Å². The number of esters is 2. The predicted octanol–water partition coefficient (Wildman–Crippen LogP) is 1.49. The van der Waals surface area contributed by atoms with Crippen molar-refractivity contribution in [3.05, 3.63) is 52.6 Å². The summed E-state index contributed by atoms with van der Waals surface area (Å²) in [5, 5.41) is 2.73. The van der Waals surface area contributed by atoms with Crippen LogP contribution in [0.25, 0.3) is 0 Å². The number of nitrogens with two attached hydrogens (primary N) is 1. The molecule has 2 aliphatic rings. The number of ether oxygens (including phenoxy) is 4. The topological polar surface area (TPSA) is 126 Å². The fourth-order valence-electron chi connectivity index (χ4n) is 3.71. The number of rotatable bonds is 6. The van der Waals surface area contributed by atoms with Crippen LogP contribution in [0.3, 0.4) is 0 Å². The molecule has 0 saturated carbocycles. The average Bonchev–Trinajstić information content (AvgIpc) is 2.93. The van der Waals surface area contributed by atoms with Gasteiger partial charge in [0.05, 0.1) is 12.7 Å². The Morgan fingerprint density at radius 3 is 2.53 bits per heavy atom. The molecule has 1 atom stereocenters. The number of fused-ring (bicyclic) bond motifs is 2. The lowest BCUT2D eigenvalue weighted by atomic mass is 9.67. The van der Waals surface area contributed by atoms with Crippen molar-refractivity contribution < 1.29 is 33.3 Å². The van der Waals surface area contributed by atoms with E-state index in [0.29, 0.717) is 11.3 Å². The van der Waals surface area contributed by atoms with Crippen molar-refractivity contribution in [3.8, 4) is 0 Å². The maximum Gasteiger partial charge on any atom is 0.341 e. The van der Waals surface area contributed by atoms with E-state index in [9.17, 15) is 14.4 Å². The van der Waals surface area contributed by atoms with Crippen LogP contribution < -0.4 is 11.1 Å². The third-order valence-corrected chi connectivity index (χ3v) is 4.80. The van der Waals surface area contributed by atoms with Crippen LogP contribution in [0.5, 0.6) is 0 Å². The van der Waals surface area contributed by atoms with Crippen LogP contribution in [0.2, 0.25) is 0 Å². The highest BCUT2D eigenvalue weighted by Crippen LogP contribution is 2.52. The summed E-state index contributed by atoms with van der Waals surface area (Å²) in [6.45, 7) is 4.93. The minimum atomic E-state index is -1.86. The summed E-state index contributed by atoms with van der Waals surface area (Å²) in [5.41, 5.74) is 4.65. The molecule has 2 aliphatic heterocycles. The van der Waals surface area contributed by atoms with Crippen LogP contribution in [0.15, 0.2) is 47.1 Å². The molecule has 9 heteroatoms. The number of hydrogen-bond donors (Lipinski definition) is 2. The van der Waals surface area contributed by atoms with Gasteiger partial charge in [0, 0.05) is 18.4 Å². The molecule has 0 aliphatic carbocycles. The lowest BCUT2D eigenvalue weighted by Crippen LogP contribution is -2.48. The number of carbonyl (C=O) groups excluding carboxylic acids is 3. The molecule has 0 fully saturated rings. The number of benzene rings is 1. The Labute approximate surface area is 173 Å². The Balaban J connectivity index is 2.25. The largest absolute Gasteiger partial charge is 0.460 e. The Morgan fingerprint density at radius 1 is 1.17 bits per heavy atom. The van der Waals surface area contributed by atoms with Crippen LogP contribution in [0, 0.1) is 0 Å². The summed E-state index contributed by atoms with van der Waals surface area (Å²) in [6, 6.07) is 6.73. The van der Waals surface area contributed by atoms with Gasteiger partial charge >= 0.3 is 11.9 Å². The first-order valence-electron chi connectivity index (χ1n) is 9.42. The third-order valence-electron chi connectivity index (χ3n) is 4.80. The van der Waals surface area contributed by atoms with Gasteiger partial charge in [0.15, 0.2) is 0 Å². The molecule has 9 nitrogen and oxygen atoms in total. The predicted molar refractivity (Wildman–Crippen MR) is 106 cm³/mol. The zero-order valence-electron chi connectivity index (χ0n) is 17.2. The lowest BCUT2D eigenvalue weighted by molar-refractivity contribution is -0.146. The maximum absolute atomic E-state index is 13.4. The summed E-state index contributed by atoms with van der Waals surface area (Å²) in [5.74, 6) is -2.55. The molecule has 0 aromatic heterocycles. The number of para-hydroxylation sites is 1. The normalized spacial score (nSPS) is 20.2. The van der Waals surface area contributed by atoms with Crippen molar-refractivity contribution >= 4 is 23.5 Å². The van der Waals surface area contributed by atoms with Gasteiger partial charge in [0.2, 0.25) is 11.8 Å². The molecule has 1 amide bonds. The van der Waals surface area contributed by atoms with Gasteiger partial charge in [-0.15, -0.1) is 0 Å². The van der Waals surface area contributed by atoms with Crippen LogP contribution >= 0.6 is 0 Å². The molecule has 0 radical (unpaired) electrons. The number of allylic oxidation sites excluding steroid dienone is 1. The van der Waals surface area contributed by atoms with Crippen LogP contribution in [-0.4, -0.2) is 44.3 Å². The van der Waals surface area contributed by atoms with Gasteiger partial charge < -0.3 is 30.0 Å². The van der Waals surface area contributed by atoms with Gasteiger partial charge in [-0.05, 0) is 26.8 Å². The Bertz CT molecular complexity index is 964. The fourth-order valence-corrected chi connectivity index (χ4v) is 3.71. The minimum Gasteiger partial charge on any atom is -0.460 e. The van der Waals surface area contributed by atoms with E-state index >= 15 is 0 Å². The van der Waals surface area contributed by atoms with Crippen molar-refractivity contribution in [3.63, 3.8) is 0 Å². The van der Waals surface area contributed by atoms with Crippen molar-refractivity contribution in [2.75, 3.05) is 25.6 Å². The molecule has 0 saturated heterocycles. The molecule has 1 aromatic carbocycles. The number of carbonyl (C=O) groups is 3. The first-order chi connectivity index (χ1) is 14.2. The van der Waals surface area contributed by atoms with E-state index in [2.05, 4.69) is 5.32 Å². The maximum atomic E-state index is 13.4. The minimum absolute atomic E-state index is 0.0452. The second-order valence-corrected chi connectivity index (χ2v) is 7.10. The SMILES string of the molecule is COCCOC(=O)C1=C(C)OC(N)=C(C(=O)OC(C)C)[C@@]12C(=O)Nc1ccccc12. The fraction of sp³-hybridized carbons (Fsp3) is 0.381. The molecule has 0 unspecified atom stereocenters. The molecule has 3 rings (SSSR count). The van der Waals surface area contributed by atoms with Gasteiger partial charge in [-0.2, -0.15) is 0 Å². The molecule has 1 spiro atoms. The third kappa shape index (κ3) is 3.30. The number of hydrogen-bond acceptors (Lipinski definition) is 8. The van der Waals surface area contributed by atoms with E-state index in [4.69, 9.17) is 24.7 Å². The first kappa shape index (κ1) is 21.4. The quantitative estimate of drug-likeness (QED) is 0.528. The number of methoxy groups -OCH3 is 1. The highest BCUT2D eigenvalue weighted by Gasteiger charge is 2.61. The molecule has 30 heavy (non-hydrogen) atoms. The second kappa shape index (κ2) is 8.19. The van der Waals surface area contributed by atoms with Crippen molar-refractivity contribution in [1.82, 2.24) is 0 Å². The lowest BCUT2D eigenvalue weighted by Gasteiger charge is -2.35. The van der Waals surface area contributed by atoms with Crippen molar-refractivity contribution in [2.24, 2.45) is 5.73 Å². The second-order valence-electron chi connectivity index (χ2n) is 7.10. The highest BCUT2D eigenvalue weighted by molar-refractivity contribution is 6.21. The monoisotopic (exact) mass is 416 g/mol. The summed E-state index contributed by atoms with van der Waals surface area (Å²) >= 11 is 0. The summed E-state index contributed by atoms with van der Waals surface area (Å²) < 4.78 is 21.1. The zero-order chi connectivity index (χ0) is 22.1. The van der Waals surface area contributed by atoms with E-state index < -0.39 is 29.4 Å². The molecule has 0 bridgehead atoms. The van der Waals surface area contributed by atoms with E-state index in [1.807, 2.05) is 0 Å². The van der Waals surface area contributed by atoms with Gasteiger partial charge in [-0.25, -0.2) is 9.59 Å². The smallest absolute Gasteiger partial charge is 0.341 e. The van der Waals surface area contributed by atoms with Crippen molar-refractivity contribution in [1.29, 1.82) is 0 Å². The standard InChI is InChI=1S/C21H24N2O7/c1-11(2)29-19(25)16-17(22)30-12(3)15(18(24)28-10-9-27-4)21(16)13-7-5-6-8-14(13)23-20(21)26/h5-8,11H,9-10,22H2,1-4H3,(H,23,26)/t21-/m0/s1. The average molecular weight is 416 g/mol. The van der Waals surface area contributed by atoms with Crippen LogP contribution in [0.4, 0.5) is 5.69 Å². The molecule has 2 heterocycles. The molecular formula is C21H24N2O7. The van der Waals surface area contributed by atoms with E-state index in [1.54, 1.807) is 38.1 Å². The van der Waals surface area contributed by atoms with Gasteiger partial charge in [-0.3, -0.25) is 4.79 Å². The number of nitrogens with one attached hydrogen (secondary N) is 1. The first-order valence-corrected chi connectivity index (χ1v) is 9.42. The van der Waals surface area contributed by atoms with Crippen LogP contribution in [0.1, 0.15) is 26.3 Å². The highest BCUT2D eigenvalue weighted by atomic mass is 16.6. The Kier molecular flexibility index (Phi) is 5.84. The van der Waals surface area contributed by atoms with Crippen LogP contribution in [-0.2, 0) is 38.7 Å². The number of anilines is 1. The Morgan fingerprint density at radius 2 is 1.87 bits per heavy atom. The molecule has 3 N–H and O–H groups in total. The summed E-state index contributed by atoms with van der Waals surface area (Å²) in [4.78, 5) is 39.6. The zero-order valence-corrected chi connectivity index (χ0v) is 17.2. The summed E-state index contributed by atoms with van der Waals surface area (Å²) in [6.07, 6.45) is -0.487. The number of amides is 1. The van der Waals surface area contributed by atoms with E-state index in [-0.39, 0.29) is 36.0 Å². The van der Waals surface area contributed by atoms with Crippen molar-refractivity contribution in [2.45, 2.75) is 32.3 Å². The van der Waals surface area contributed by atoms with Gasteiger partial charge in [0.25, 0.3) is 0 Å². The molecular weight excluding hydrogens is 392 g/mol. The van der Waals surface area contributed by atoms with E-state index in [1.165, 1.54) is 14.0 Å². The molecule has 1 aromatic rings.